The fourth-order valence-corrected chi connectivity index (χ4v) is 1.52. The predicted octanol–water partition coefficient (Wildman–Crippen LogP) is 4.07. The average Bonchev–Trinajstić information content (AvgIpc) is 2.26. The Labute approximate surface area is 84.9 Å². The van der Waals surface area contributed by atoms with Gasteiger partial charge in [-0.05, 0) is 34.9 Å². The fraction of sp³-hybridized carbons (Fsp3) is 0.143. The molecule has 2 aromatic carbocycles. The van der Waals surface area contributed by atoms with Crippen molar-refractivity contribution in [2.24, 2.45) is 0 Å². The van der Waals surface area contributed by atoms with Crippen molar-refractivity contribution in [2.75, 3.05) is 0 Å². The first-order valence-electron chi connectivity index (χ1n) is 4.95. The normalized spacial score (nSPS) is 11.2. The van der Waals surface area contributed by atoms with Crippen molar-refractivity contribution in [2.45, 2.75) is 13.3 Å². The maximum absolute atomic E-state index is 3.20. The van der Waals surface area contributed by atoms with Crippen molar-refractivity contribution in [3.05, 3.63) is 54.1 Å². The Morgan fingerprint density at radius 3 is 2.64 bits per heavy atom. The van der Waals surface area contributed by atoms with Gasteiger partial charge in [0.05, 0.1) is 0 Å². The highest BCUT2D eigenvalue weighted by Crippen LogP contribution is 2.16. The van der Waals surface area contributed by atoms with Crippen molar-refractivity contribution in [1.82, 2.24) is 0 Å². The second kappa shape index (κ2) is 4.10. The summed E-state index contributed by atoms with van der Waals surface area (Å²) in [5.74, 6) is 0. The van der Waals surface area contributed by atoms with Gasteiger partial charge in [0.1, 0.15) is 0 Å². The number of benzene rings is 2. The van der Waals surface area contributed by atoms with Crippen molar-refractivity contribution in [1.29, 1.82) is 0 Å². The summed E-state index contributed by atoms with van der Waals surface area (Å²) in [6.45, 7) is 2.09. The van der Waals surface area contributed by atoms with Crippen LogP contribution in [-0.4, -0.2) is 0 Å². The van der Waals surface area contributed by atoms with Crippen LogP contribution in [0.1, 0.15) is 18.9 Å². The molecule has 0 atom stereocenters. The van der Waals surface area contributed by atoms with Crippen LogP contribution >= 0.6 is 0 Å². The monoisotopic (exact) mass is 181 g/mol. The molecule has 0 saturated heterocycles. The first kappa shape index (κ1) is 9.01. The van der Waals surface area contributed by atoms with Gasteiger partial charge in [-0.2, -0.15) is 0 Å². The Kier molecular flexibility index (Phi) is 2.64. The first-order valence-corrected chi connectivity index (χ1v) is 4.95. The molecule has 14 heavy (non-hydrogen) atoms. The maximum Gasteiger partial charge on any atom is -0.0178 e. The molecule has 0 heterocycles. The lowest BCUT2D eigenvalue weighted by molar-refractivity contribution is 1.20. The molecule has 0 unspecified atom stereocenters. The zero-order valence-corrected chi connectivity index (χ0v) is 8.33. The minimum Gasteiger partial charge on any atom is -0.0616 e. The molecule has 0 aliphatic heterocycles. The van der Waals surface area contributed by atoms with Crippen molar-refractivity contribution >= 4 is 16.8 Å². The van der Waals surface area contributed by atoms with Crippen LogP contribution in [-0.2, 0) is 0 Å². The molecular formula is C14H13. The SMILES string of the molecule is CC[C]=Cc1ccc2ccccc2c1. The lowest BCUT2D eigenvalue weighted by Gasteiger charge is -1.98. The molecule has 0 aromatic heterocycles. The first-order chi connectivity index (χ1) is 6.90. The lowest BCUT2D eigenvalue weighted by atomic mass is 10.1. The summed E-state index contributed by atoms with van der Waals surface area (Å²) < 4.78 is 0. The van der Waals surface area contributed by atoms with Crippen LogP contribution < -0.4 is 0 Å². The summed E-state index contributed by atoms with van der Waals surface area (Å²) in [7, 11) is 0. The van der Waals surface area contributed by atoms with E-state index in [9.17, 15) is 0 Å². The van der Waals surface area contributed by atoms with E-state index in [1.54, 1.807) is 0 Å². The van der Waals surface area contributed by atoms with E-state index in [-0.39, 0.29) is 0 Å². The molecule has 0 spiro atoms. The summed E-state index contributed by atoms with van der Waals surface area (Å²) in [4.78, 5) is 0. The van der Waals surface area contributed by atoms with Crippen molar-refractivity contribution < 1.29 is 0 Å². The Hall–Kier alpha value is -1.56. The molecule has 2 rings (SSSR count). The molecule has 0 nitrogen and oxygen atoms in total. The maximum atomic E-state index is 3.20. The van der Waals surface area contributed by atoms with Gasteiger partial charge in [-0.25, -0.2) is 0 Å². The summed E-state index contributed by atoms with van der Waals surface area (Å²) in [6, 6.07) is 14.9. The molecule has 0 heteroatoms. The van der Waals surface area contributed by atoms with E-state index < -0.39 is 0 Å². The van der Waals surface area contributed by atoms with E-state index in [0.29, 0.717) is 0 Å². The topological polar surface area (TPSA) is 0 Å². The Morgan fingerprint density at radius 1 is 1.07 bits per heavy atom. The highest BCUT2D eigenvalue weighted by molar-refractivity contribution is 5.84. The largest absolute Gasteiger partial charge is 0.0616 e. The van der Waals surface area contributed by atoms with Crippen LogP contribution in [0.5, 0.6) is 0 Å². The minimum absolute atomic E-state index is 0.965. The second-order valence-corrected chi connectivity index (χ2v) is 3.31. The number of fused-ring (bicyclic) bond motifs is 1. The van der Waals surface area contributed by atoms with E-state index in [1.807, 2.05) is 6.08 Å². The Balaban J connectivity index is 2.46. The van der Waals surface area contributed by atoms with Crippen LogP contribution in [0.15, 0.2) is 42.5 Å². The molecular weight excluding hydrogens is 168 g/mol. The number of rotatable bonds is 2. The Bertz CT molecular complexity index is 452. The van der Waals surface area contributed by atoms with Crippen LogP contribution in [0.3, 0.4) is 0 Å². The van der Waals surface area contributed by atoms with Gasteiger partial charge in [0, 0.05) is 0 Å². The molecule has 0 bridgehead atoms. The highest BCUT2D eigenvalue weighted by atomic mass is 14.0. The van der Waals surface area contributed by atoms with E-state index in [0.717, 1.165) is 6.42 Å². The minimum atomic E-state index is 0.965. The van der Waals surface area contributed by atoms with Gasteiger partial charge in [-0.15, -0.1) is 0 Å². The molecule has 69 valence electrons. The third kappa shape index (κ3) is 1.85. The van der Waals surface area contributed by atoms with Crippen LogP contribution in [0.4, 0.5) is 0 Å². The summed E-state index contributed by atoms with van der Waals surface area (Å²) in [5, 5.41) is 2.58. The third-order valence-electron chi connectivity index (χ3n) is 2.25. The van der Waals surface area contributed by atoms with Crippen LogP contribution in [0.25, 0.3) is 16.8 Å². The van der Waals surface area contributed by atoms with Gasteiger partial charge < -0.3 is 0 Å². The lowest BCUT2D eigenvalue weighted by Crippen LogP contribution is -1.74. The standard InChI is InChI=1S/C14H13/c1-2-3-6-12-9-10-13-7-4-5-8-14(13)11-12/h4-11H,2H2,1H3. The summed E-state index contributed by atoms with van der Waals surface area (Å²) in [5.41, 5.74) is 1.23. The second-order valence-electron chi connectivity index (χ2n) is 3.31. The van der Waals surface area contributed by atoms with Crippen molar-refractivity contribution in [3.63, 3.8) is 0 Å². The quantitative estimate of drug-likeness (QED) is 0.655. The molecule has 0 saturated carbocycles. The summed E-state index contributed by atoms with van der Waals surface area (Å²) >= 11 is 0. The molecule has 0 N–H and O–H groups in total. The van der Waals surface area contributed by atoms with Crippen molar-refractivity contribution in [3.8, 4) is 0 Å². The van der Waals surface area contributed by atoms with E-state index in [1.165, 1.54) is 16.3 Å². The number of hydrogen-bond acceptors (Lipinski definition) is 0. The smallest absolute Gasteiger partial charge is 0.0178 e. The highest BCUT2D eigenvalue weighted by Gasteiger charge is 1.91. The van der Waals surface area contributed by atoms with E-state index in [4.69, 9.17) is 0 Å². The third-order valence-corrected chi connectivity index (χ3v) is 2.25. The van der Waals surface area contributed by atoms with Gasteiger partial charge in [-0.3, -0.25) is 0 Å². The van der Waals surface area contributed by atoms with Crippen LogP contribution in [0.2, 0.25) is 0 Å². The van der Waals surface area contributed by atoms with Gasteiger partial charge in [0.2, 0.25) is 0 Å². The summed E-state index contributed by atoms with van der Waals surface area (Å²) in [6.07, 6.45) is 6.22. The molecule has 0 aliphatic rings. The fourth-order valence-electron chi connectivity index (χ4n) is 1.52. The van der Waals surface area contributed by atoms with E-state index in [2.05, 4.69) is 55.5 Å². The van der Waals surface area contributed by atoms with Crippen LogP contribution in [0, 0.1) is 6.08 Å². The van der Waals surface area contributed by atoms with Gasteiger partial charge in [0.15, 0.2) is 0 Å². The number of hydrogen-bond donors (Lipinski definition) is 0. The zero-order valence-electron chi connectivity index (χ0n) is 8.33. The average molecular weight is 181 g/mol. The van der Waals surface area contributed by atoms with E-state index >= 15 is 0 Å². The van der Waals surface area contributed by atoms with Gasteiger partial charge in [-0.1, -0.05) is 49.4 Å². The van der Waals surface area contributed by atoms with Gasteiger partial charge in [0.25, 0.3) is 0 Å². The zero-order chi connectivity index (χ0) is 9.80. The predicted molar refractivity (Wildman–Crippen MR) is 61.9 cm³/mol. The van der Waals surface area contributed by atoms with Gasteiger partial charge >= 0.3 is 0 Å². The number of allylic oxidation sites excluding steroid dienone is 1. The molecule has 0 amide bonds. The Morgan fingerprint density at radius 2 is 1.86 bits per heavy atom. The molecule has 2 aromatic rings. The molecule has 0 aliphatic carbocycles. The molecule has 0 fully saturated rings. The molecule has 1 radical (unpaired) electrons.